The van der Waals surface area contributed by atoms with E-state index in [0.717, 1.165) is 17.5 Å². The number of methoxy groups -OCH3 is 1. The Hall–Kier alpha value is -1.77. The number of rotatable bonds is 3. The van der Waals surface area contributed by atoms with Gasteiger partial charge in [0.2, 0.25) is 0 Å². The van der Waals surface area contributed by atoms with Crippen LogP contribution in [0.1, 0.15) is 32.6 Å². The number of nitrogens with zero attached hydrogens (tertiary/aromatic N) is 1. The van der Waals surface area contributed by atoms with Gasteiger partial charge in [-0.1, -0.05) is 19.8 Å². The molecule has 0 aliphatic heterocycles. The number of hydrogen-bond acceptors (Lipinski definition) is 3. The van der Waals surface area contributed by atoms with Gasteiger partial charge >= 0.3 is 0 Å². The van der Waals surface area contributed by atoms with Crippen molar-refractivity contribution in [2.24, 2.45) is 5.92 Å². The minimum atomic E-state index is 0.545. The number of pyridine rings is 1. The van der Waals surface area contributed by atoms with Gasteiger partial charge in [0.05, 0.1) is 7.11 Å². The third-order valence-corrected chi connectivity index (χ3v) is 4.41. The maximum Gasteiger partial charge on any atom is 0.134 e. The van der Waals surface area contributed by atoms with Crippen molar-refractivity contribution < 1.29 is 4.74 Å². The molecule has 2 atom stereocenters. The highest BCUT2D eigenvalue weighted by atomic mass is 16.5. The summed E-state index contributed by atoms with van der Waals surface area (Å²) in [5.74, 6) is 2.61. The topological polar surface area (TPSA) is 34.1 Å². The van der Waals surface area contributed by atoms with E-state index < -0.39 is 0 Å². The van der Waals surface area contributed by atoms with E-state index in [2.05, 4.69) is 29.4 Å². The monoisotopic (exact) mass is 270 g/mol. The van der Waals surface area contributed by atoms with Crippen molar-refractivity contribution in [3.05, 3.63) is 30.5 Å². The van der Waals surface area contributed by atoms with Gasteiger partial charge in [0.1, 0.15) is 11.6 Å². The van der Waals surface area contributed by atoms with Crippen LogP contribution in [0.3, 0.4) is 0 Å². The molecule has 3 heteroatoms. The van der Waals surface area contributed by atoms with E-state index in [1.807, 2.05) is 18.3 Å². The van der Waals surface area contributed by atoms with Crippen molar-refractivity contribution in [2.45, 2.75) is 38.6 Å². The van der Waals surface area contributed by atoms with E-state index in [4.69, 9.17) is 4.74 Å². The third kappa shape index (κ3) is 2.58. The van der Waals surface area contributed by atoms with E-state index in [1.54, 1.807) is 7.11 Å². The molecular formula is C17H22N2O. The predicted octanol–water partition coefficient (Wildman–Crippen LogP) is 4.23. The quantitative estimate of drug-likeness (QED) is 0.906. The number of ether oxygens (including phenoxy) is 1. The lowest BCUT2D eigenvalue weighted by molar-refractivity contribution is 0.349. The van der Waals surface area contributed by atoms with Crippen molar-refractivity contribution in [1.82, 2.24) is 4.98 Å². The lowest BCUT2D eigenvalue weighted by atomic mass is 9.86. The maximum atomic E-state index is 5.29. The molecule has 106 valence electrons. The van der Waals surface area contributed by atoms with Crippen molar-refractivity contribution in [2.75, 3.05) is 12.4 Å². The van der Waals surface area contributed by atoms with E-state index in [-0.39, 0.29) is 0 Å². The molecule has 1 aromatic heterocycles. The van der Waals surface area contributed by atoms with Crippen LogP contribution in [-0.2, 0) is 0 Å². The van der Waals surface area contributed by atoms with E-state index >= 15 is 0 Å². The van der Waals surface area contributed by atoms with Gasteiger partial charge in [-0.15, -0.1) is 0 Å². The van der Waals surface area contributed by atoms with Gasteiger partial charge < -0.3 is 10.1 Å². The highest BCUT2D eigenvalue weighted by molar-refractivity contribution is 5.92. The van der Waals surface area contributed by atoms with Crippen LogP contribution in [-0.4, -0.2) is 18.1 Å². The third-order valence-electron chi connectivity index (χ3n) is 4.41. The largest absolute Gasteiger partial charge is 0.497 e. The first-order valence-electron chi connectivity index (χ1n) is 7.47. The van der Waals surface area contributed by atoms with Crippen LogP contribution in [0.25, 0.3) is 10.8 Å². The average molecular weight is 270 g/mol. The molecule has 3 rings (SSSR count). The molecule has 2 unspecified atom stereocenters. The summed E-state index contributed by atoms with van der Waals surface area (Å²) in [4.78, 5) is 4.54. The van der Waals surface area contributed by atoms with Crippen LogP contribution in [0, 0.1) is 5.92 Å². The summed E-state index contributed by atoms with van der Waals surface area (Å²) in [5, 5.41) is 6.00. The molecule has 1 aliphatic rings. The lowest BCUT2D eigenvalue weighted by Gasteiger charge is -2.30. The van der Waals surface area contributed by atoms with E-state index in [1.165, 1.54) is 36.5 Å². The zero-order valence-electron chi connectivity index (χ0n) is 12.2. The molecule has 2 aromatic rings. The molecule has 1 heterocycles. The molecule has 0 amide bonds. The van der Waals surface area contributed by atoms with E-state index in [0.29, 0.717) is 6.04 Å². The zero-order valence-corrected chi connectivity index (χ0v) is 12.2. The van der Waals surface area contributed by atoms with Crippen molar-refractivity contribution in [3.63, 3.8) is 0 Å². The minimum absolute atomic E-state index is 0.545. The minimum Gasteiger partial charge on any atom is -0.497 e. The van der Waals surface area contributed by atoms with Gasteiger partial charge in [0, 0.05) is 17.6 Å². The summed E-state index contributed by atoms with van der Waals surface area (Å²) in [6.07, 6.45) is 7.11. The molecular weight excluding hydrogens is 248 g/mol. The number of hydrogen-bond donors (Lipinski definition) is 1. The van der Waals surface area contributed by atoms with Crippen LogP contribution in [0.15, 0.2) is 30.5 Å². The second kappa shape index (κ2) is 5.70. The fourth-order valence-corrected chi connectivity index (χ4v) is 3.10. The Bertz CT molecular complexity index is 597. The molecule has 0 radical (unpaired) electrons. The van der Waals surface area contributed by atoms with Crippen molar-refractivity contribution in [3.8, 4) is 5.75 Å². The van der Waals surface area contributed by atoms with Crippen LogP contribution in [0.2, 0.25) is 0 Å². The van der Waals surface area contributed by atoms with Crippen LogP contribution < -0.4 is 10.1 Å². The standard InChI is InChI=1S/C17H22N2O/c1-12-5-3-4-6-16(12)19-17-15-8-7-14(20-2)11-13(15)9-10-18-17/h7-12,16H,3-6H2,1-2H3,(H,18,19). The van der Waals surface area contributed by atoms with E-state index in [9.17, 15) is 0 Å². The van der Waals surface area contributed by atoms with Crippen LogP contribution in [0.5, 0.6) is 5.75 Å². The number of benzene rings is 1. The van der Waals surface area contributed by atoms with Gasteiger partial charge in [-0.2, -0.15) is 0 Å². The normalized spacial score (nSPS) is 22.7. The number of nitrogens with one attached hydrogen (secondary N) is 1. The Morgan fingerprint density at radius 3 is 2.85 bits per heavy atom. The van der Waals surface area contributed by atoms with Gasteiger partial charge in [-0.05, 0) is 48.4 Å². The lowest BCUT2D eigenvalue weighted by Crippen LogP contribution is -2.30. The summed E-state index contributed by atoms with van der Waals surface area (Å²) < 4.78 is 5.29. The van der Waals surface area contributed by atoms with Crippen molar-refractivity contribution >= 4 is 16.6 Å². The SMILES string of the molecule is COc1ccc2c(NC3CCCCC3C)nccc2c1. The second-order valence-electron chi connectivity index (χ2n) is 5.76. The Kier molecular flexibility index (Phi) is 3.77. The van der Waals surface area contributed by atoms with Gasteiger partial charge in [-0.25, -0.2) is 4.98 Å². The first-order valence-corrected chi connectivity index (χ1v) is 7.47. The highest BCUT2D eigenvalue weighted by Gasteiger charge is 2.21. The maximum absolute atomic E-state index is 5.29. The first kappa shape index (κ1) is 13.2. The number of anilines is 1. The fourth-order valence-electron chi connectivity index (χ4n) is 3.10. The van der Waals surface area contributed by atoms with Gasteiger partial charge in [0.15, 0.2) is 0 Å². The molecule has 20 heavy (non-hydrogen) atoms. The summed E-state index contributed by atoms with van der Waals surface area (Å²) in [6, 6.07) is 8.74. The fraction of sp³-hybridized carbons (Fsp3) is 0.471. The highest BCUT2D eigenvalue weighted by Crippen LogP contribution is 2.30. The van der Waals surface area contributed by atoms with Crippen LogP contribution in [0.4, 0.5) is 5.82 Å². The number of aromatic nitrogens is 1. The first-order chi connectivity index (χ1) is 9.78. The molecule has 1 saturated carbocycles. The van der Waals surface area contributed by atoms with Crippen molar-refractivity contribution in [1.29, 1.82) is 0 Å². The predicted molar refractivity (Wildman–Crippen MR) is 83.3 cm³/mol. The Morgan fingerprint density at radius 2 is 2.05 bits per heavy atom. The molecule has 1 N–H and O–H groups in total. The molecule has 3 nitrogen and oxygen atoms in total. The summed E-state index contributed by atoms with van der Waals surface area (Å²) in [5.41, 5.74) is 0. The summed E-state index contributed by atoms with van der Waals surface area (Å²) >= 11 is 0. The Balaban J connectivity index is 1.91. The molecule has 0 spiro atoms. The smallest absolute Gasteiger partial charge is 0.134 e. The molecule has 1 aromatic carbocycles. The Morgan fingerprint density at radius 1 is 1.20 bits per heavy atom. The van der Waals surface area contributed by atoms with Gasteiger partial charge in [-0.3, -0.25) is 0 Å². The average Bonchev–Trinajstić information content (AvgIpc) is 2.49. The number of fused-ring (bicyclic) bond motifs is 1. The Labute approximate surface area is 120 Å². The zero-order chi connectivity index (χ0) is 13.9. The summed E-state index contributed by atoms with van der Waals surface area (Å²) in [7, 11) is 1.70. The molecule has 1 aliphatic carbocycles. The second-order valence-corrected chi connectivity index (χ2v) is 5.76. The molecule has 1 fully saturated rings. The molecule has 0 saturated heterocycles. The van der Waals surface area contributed by atoms with Crippen LogP contribution >= 0.6 is 0 Å². The summed E-state index contributed by atoms with van der Waals surface area (Å²) in [6.45, 7) is 2.34. The molecule has 0 bridgehead atoms. The van der Waals surface area contributed by atoms with Gasteiger partial charge in [0.25, 0.3) is 0 Å².